The molecule has 0 spiro atoms. The van der Waals surface area contributed by atoms with Gasteiger partial charge in [-0.15, -0.1) is 0 Å². The largest absolute Gasteiger partial charge is 0.493 e. The summed E-state index contributed by atoms with van der Waals surface area (Å²) in [7, 11) is 3.22. The van der Waals surface area contributed by atoms with Gasteiger partial charge in [0.05, 0.1) is 20.2 Å². The van der Waals surface area contributed by atoms with Gasteiger partial charge in [0.25, 0.3) is 0 Å². The van der Waals surface area contributed by atoms with Crippen molar-refractivity contribution in [1.82, 2.24) is 10.2 Å². The molecule has 2 N–H and O–H groups in total. The standard InChI is InChI=1S/C21H25N3O4/c1-22-20(25)11-10-15-6-5-7-16(12-15)23-21(26)24-13-17(14-24)28-19-9-4-3-8-18(19)27-2/h3-9,12,17H,10-11,13-14H2,1-2H3,(H,22,25)(H,23,26). The van der Waals surface area contributed by atoms with Gasteiger partial charge in [0.2, 0.25) is 5.91 Å². The van der Waals surface area contributed by atoms with E-state index in [2.05, 4.69) is 10.6 Å². The van der Waals surface area contributed by atoms with Crippen LogP contribution in [-0.2, 0) is 11.2 Å². The van der Waals surface area contributed by atoms with E-state index in [1.54, 1.807) is 19.1 Å². The summed E-state index contributed by atoms with van der Waals surface area (Å²) in [4.78, 5) is 25.5. The monoisotopic (exact) mass is 383 g/mol. The van der Waals surface area contributed by atoms with Crippen molar-refractivity contribution < 1.29 is 19.1 Å². The summed E-state index contributed by atoms with van der Waals surface area (Å²) in [5.41, 5.74) is 1.72. The summed E-state index contributed by atoms with van der Waals surface area (Å²) in [5, 5.41) is 5.50. The molecule has 0 unspecified atom stereocenters. The van der Waals surface area contributed by atoms with Gasteiger partial charge >= 0.3 is 6.03 Å². The van der Waals surface area contributed by atoms with Gasteiger partial charge in [0.1, 0.15) is 6.10 Å². The summed E-state index contributed by atoms with van der Waals surface area (Å²) in [5.74, 6) is 1.36. The molecule has 148 valence electrons. The number of ether oxygens (including phenoxy) is 2. The van der Waals surface area contributed by atoms with Gasteiger partial charge in [-0.25, -0.2) is 4.79 Å². The third-order valence-electron chi connectivity index (χ3n) is 4.60. The number of nitrogens with one attached hydrogen (secondary N) is 2. The zero-order valence-corrected chi connectivity index (χ0v) is 16.1. The first kappa shape index (κ1) is 19.5. The van der Waals surface area contributed by atoms with Crippen molar-refractivity contribution in [3.63, 3.8) is 0 Å². The van der Waals surface area contributed by atoms with Gasteiger partial charge in [0.15, 0.2) is 11.5 Å². The predicted octanol–water partition coefficient (Wildman–Crippen LogP) is 2.67. The predicted molar refractivity (Wildman–Crippen MR) is 107 cm³/mol. The Labute approximate surface area is 164 Å². The number of anilines is 1. The van der Waals surface area contributed by atoms with Crippen molar-refractivity contribution in [2.24, 2.45) is 0 Å². The van der Waals surface area contributed by atoms with E-state index in [9.17, 15) is 9.59 Å². The molecule has 28 heavy (non-hydrogen) atoms. The van der Waals surface area contributed by atoms with Crippen LogP contribution >= 0.6 is 0 Å². The average Bonchev–Trinajstić information content (AvgIpc) is 2.68. The molecule has 2 aromatic rings. The fraction of sp³-hybridized carbons (Fsp3) is 0.333. The third-order valence-corrected chi connectivity index (χ3v) is 4.60. The lowest BCUT2D eigenvalue weighted by Crippen LogP contribution is -2.57. The van der Waals surface area contributed by atoms with Crippen molar-refractivity contribution in [3.8, 4) is 11.5 Å². The highest BCUT2D eigenvalue weighted by Crippen LogP contribution is 2.28. The van der Waals surface area contributed by atoms with Gasteiger partial charge in [0, 0.05) is 19.2 Å². The van der Waals surface area contributed by atoms with E-state index in [1.165, 1.54) is 0 Å². The van der Waals surface area contributed by atoms with Crippen molar-refractivity contribution in [2.75, 3.05) is 32.6 Å². The molecule has 2 aromatic carbocycles. The van der Waals surface area contributed by atoms with Crippen LogP contribution in [0.25, 0.3) is 0 Å². The summed E-state index contributed by atoms with van der Waals surface area (Å²) in [6.45, 7) is 1.03. The van der Waals surface area contributed by atoms with E-state index < -0.39 is 0 Å². The molecule has 0 radical (unpaired) electrons. The summed E-state index contributed by atoms with van der Waals surface area (Å²) in [6, 6.07) is 14.9. The van der Waals surface area contributed by atoms with E-state index in [4.69, 9.17) is 9.47 Å². The van der Waals surface area contributed by atoms with Crippen molar-refractivity contribution in [2.45, 2.75) is 18.9 Å². The SMILES string of the molecule is CNC(=O)CCc1cccc(NC(=O)N2CC(Oc3ccccc3OC)C2)c1. The lowest BCUT2D eigenvalue weighted by atomic mass is 10.1. The zero-order chi connectivity index (χ0) is 19.9. The van der Waals surface area contributed by atoms with Crippen LogP contribution in [0, 0.1) is 0 Å². The second-order valence-electron chi connectivity index (χ2n) is 6.60. The zero-order valence-electron chi connectivity index (χ0n) is 16.1. The molecule has 1 saturated heterocycles. The Hall–Kier alpha value is -3.22. The lowest BCUT2D eigenvalue weighted by Gasteiger charge is -2.38. The Morgan fingerprint density at radius 2 is 1.86 bits per heavy atom. The van der Waals surface area contributed by atoms with Gasteiger partial charge in [-0.2, -0.15) is 0 Å². The Bertz CT molecular complexity index is 834. The first-order valence-corrected chi connectivity index (χ1v) is 9.24. The molecule has 7 heteroatoms. The van der Waals surface area contributed by atoms with Gasteiger partial charge in [-0.05, 0) is 36.2 Å². The Kier molecular flexibility index (Phi) is 6.37. The second kappa shape index (κ2) is 9.12. The topological polar surface area (TPSA) is 79.9 Å². The number of benzene rings is 2. The molecular weight excluding hydrogens is 358 g/mol. The Balaban J connectivity index is 1.48. The first-order valence-electron chi connectivity index (χ1n) is 9.24. The molecule has 3 rings (SSSR count). The lowest BCUT2D eigenvalue weighted by molar-refractivity contribution is -0.120. The van der Waals surface area contributed by atoms with E-state index in [1.807, 2.05) is 48.5 Å². The van der Waals surface area contributed by atoms with Crippen LogP contribution in [0.4, 0.5) is 10.5 Å². The Morgan fingerprint density at radius 1 is 1.11 bits per heavy atom. The van der Waals surface area contributed by atoms with E-state index in [0.29, 0.717) is 43.1 Å². The van der Waals surface area contributed by atoms with Crippen LogP contribution in [0.1, 0.15) is 12.0 Å². The third kappa shape index (κ3) is 4.94. The number of hydrogen-bond acceptors (Lipinski definition) is 4. The number of hydrogen-bond donors (Lipinski definition) is 2. The average molecular weight is 383 g/mol. The number of urea groups is 1. The van der Waals surface area contributed by atoms with Crippen molar-refractivity contribution in [1.29, 1.82) is 0 Å². The van der Waals surface area contributed by atoms with E-state index >= 15 is 0 Å². The maximum absolute atomic E-state index is 12.4. The minimum absolute atomic E-state index is 0.00361. The maximum Gasteiger partial charge on any atom is 0.322 e. The van der Waals surface area contributed by atoms with Crippen LogP contribution in [-0.4, -0.2) is 50.2 Å². The number of likely N-dealkylation sites (tertiary alicyclic amines) is 1. The first-order chi connectivity index (χ1) is 13.6. The molecule has 0 aromatic heterocycles. The summed E-state index contributed by atoms with van der Waals surface area (Å²) >= 11 is 0. The fourth-order valence-electron chi connectivity index (χ4n) is 2.96. The van der Waals surface area contributed by atoms with Crippen molar-refractivity contribution >= 4 is 17.6 Å². The number of para-hydroxylation sites is 2. The highest BCUT2D eigenvalue weighted by Gasteiger charge is 2.32. The van der Waals surface area contributed by atoms with E-state index in [0.717, 1.165) is 5.56 Å². The number of methoxy groups -OCH3 is 1. The van der Waals surface area contributed by atoms with Crippen LogP contribution in [0.2, 0.25) is 0 Å². The van der Waals surface area contributed by atoms with Crippen LogP contribution in [0.5, 0.6) is 11.5 Å². The van der Waals surface area contributed by atoms with Gasteiger partial charge in [-0.1, -0.05) is 24.3 Å². The minimum atomic E-state index is -0.164. The number of amides is 3. The molecule has 1 aliphatic rings. The van der Waals surface area contributed by atoms with Crippen LogP contribution in [0.3, 0.4) is 0 Å². The number of rotatable bonds is 7. The highest BCUT2D eigenvalue weighted by molar-refractivity contribution is 5.90. The van der Waals surface area contributed by atoms with Crippen LogP contribution < -0.4 is 20.1 Å². The van der Waals surface area contributed by atoms with Gasteiger partial charge < -0.3 is 25.0 Å². The highest BCUT2D eigenvalue weighted by atomic mass is 16.5. The van der Waals surface area contributed by atoms with Gasteiger partial charge in [-0.3, -0.25) is 4.79 Å². The molecule has 0 saturated carbocycles. The summed E-state index contributed by atoms with van der Waals surface area (Å²) < 4.78 is 11.2. The Morgan fingerprint density at radius 3 is 2.57 bits per heavy atom. The molecule has 3 amide bonds. The summed E-state index contributed by atoms with van der Waals surface area (Å²) in [6.07, 6.45) is 0.991. The van der Waals surface area contributed by atoms with Crippen molar-refractivity contribution in [3.05, 3.63) is 54.1 Å². The molecule has 7 nitrogen and oxygen atoms in total. The fourth-order valence-corrected chi connectivity index (χ4v) is 2.96. The molecule has 0 aliphatic carbocycles. The number of nitrogens with zero attached hydrogens (tertiary/aromatic N) is 1. The maximum atomic E-state index is 12.4. The number of aryl methyl sites for hydroxylation is 1. The molecule has 0 bridgehead atoms. The number of carbonyl (C=O) groups excluding carboxylic acids is 2. The molecule has 1 heterocycles. The molecule has 1 fully saturated rings. The van der Waals surface area contributed by atoms with Crippen LogP contribution in [0.15, 0.2) is 48.5 Å². The molecule has 0 atom stereocenters. The molecule has 1 aliphatic heterocycles. The minimum Gasteiger partial charge on any atom is -0.493 e. The smallest absolute Gasteiger partial charge is 0.322 e. The number of carbonyl (C=O) groups is 2. The van der Waals surface area contributed by atoms with E-state index in [-0.39, 0.29) is 18.0 Å². The normalized spacial score (nSPS) is 13.4. The molecular formula is C21H25N3O4. The second-order valence-corrected chi connectivity index (χ2v) is 6.60. The quantitative estimate of drug-likeness (QED) is 0.770.